The Morgan fingerprint density at radius 3 is 2.29 bits per heavy atom. The lowest BCUT2D eigenvalue weighted by atomic mass is 10.1. The number of imide groups is 1. The number of urea groups is 1. The first kappa shape index (κ1) is 21.2. The zero-order valence-electron chi connectivity index (χ0n) is 15.5. The van der Waals surface area contributed by atoms with Crippen LogP contribution >= 0.6 is 11.6 Å². The number of hydrogen-bond acceptors (Lipinski definition) is 5. The van der Waals surface area contributed by atoms with Gasteiger partial charge in [-0.05, 0) is 38.1 Å². The van der Waals surface area contributed by atoms with E-state index in [0.29, 0.717) is 22.9 Å². The molecule has 0 aliphatic carbocycles. The second kappa shape index (κ2) is 10.3. The normalized spacial score (nSPS) is 12.4. The van der Waals surface area contributed by atoms with Gasteiger partial charge in [-0.3, -0.25) is 10.1 Å². The van der Waals surface area contributed by atoms with Crippen LogP contribution in [0, 0.1) is 0 Å². The van der Waals surface area contributed by atoms with Crippen molar-refractivity contribution in [1.82, 2.24) is 10.6 Å². The Kier molecular flexibility index (Phi) is 7.83. The van der Waals surface area contributed by atoms with Crippen LogP contribution in [0.15, 0.2) is 54.6 Å². The van der Waals surface area contributed by atoms with Gasteiger partial charge in [0.05, 0.1) is 0 Å². The van der Waals surface area contributed by atoms with E-state index in [-0.39, 0.29) is 0 Å². The van der Waals surface area contributed by atoms with Gasteiger partial charge in [-0.15, -0.1) is 0 Å². The van der Waals surface area contributed by atoms with Gasteiger partial charge in [0.15, 0.2) is 6.10 Å². The molecule has 0 spiro atoms. The minimum Gasteiger partial charge on any atom is -0.479 e. The summed E-state index contributed by atoms with van der Waals surface area (Å²) in [6.45, 7) is 3.57. The molecule has 0 saturated heterocycles. The molecule has 2 aromatic carbocycles. The van der Waals surface area contributed by atoms with Gasteiger partial charge in [0.1, 0.15) is 5.75 Å². The molecule has 0 radical (unpaired) electrons. The highest BCUT2D eigenvalue weighted by molar-refractivity contribution is 6.30. The molecule has 0 fully saturated rings. The smallest absolute Gasteiger partial charge is 0.348 e. The zero-order valence-corrected chi connectivity index (χ0v) is 16.2. The first-order valence-corrected chi connectivity index (χ1v) is 9.05. The van der Waals surface area contributed by atoms with Crippen LogP contribution in [0.3, 0.4) is 0 Å². The Bertz CT molecular complexity index is 811. The largest absolute Gasteiger partial charge is 0.479 e. The van der Waals surface area contributed by atoms with Gasteiger partial charge in [0, 0.05) is 17.1 Å². The molecule has 2 aromatic rings. The van der Waals surface area contributed by atoms with Crippen molar-refractivity contribution in [1.29, 1.82) is 0 Å². The van der Waals surface area contributed by atoms with E-state index in [9.17, 15) is 14.4 Å². The maximum absolute atomic E-state index is 12.5. The van der Waals surface area contributed by atoms with Crippen LogP contribution < -0.4 is 15.4 Å². The molecule has 7 nitrogen and oxygen atoms in total. The number of hydrogen-bond donors (Lipinski definition) is 2. The lowest BCUT2D eigenvalue weighted by molar-refractivity contribution is -0.162. The minimum atomic E-state index is -1.30. The molecule has 148 valence electrons. The predicted octanol–water partition coefficient (Wildman–Crippen LogP) is 3.24. The lowest BCUT2D eigenvalue weighted by Crippen LogP contribution is -2.43. The molecule has 0 bridgehead atoms. The molecule has 0 saturated carbocycles. The first-order valence-electron chi connectivity index (χ1n) is 8.67. The van der Waals surface area contributed by atoms with E-state index in [2.05, 4.69) is 10.6 Å². The van der Waals surface area contributed by atoms with Crippen molar-refractivity contribution in [3.05, 3.63) is 65.2 Å². The second-order valence-corrected chi connectivity index (χ2v) is 6.23. The van der Waals surface area contributed by atoms with Gasteiger partial charge in [0.2, 0.25) is 6.10 Å². The van der Waals surface area contributed by atoms with Crippen molar-refractivity contribution in [3.8, 4) is 5.75 Å². The van der Waals surface area contributed by atoms with Crippen molar-refractivity contribution < 1.29 is 23.9 Å². The summed E-state index contributed by atoms with van der Waals surface area (Å²) >= 11 is 5.82. The average molecular weight is 405 g/mol. The van der Waals surface area contributed by atoms with Crippen LogP contribution in [0.2, 0.25) is 5.02 Å². The quantitative estimate of drug-likeness (QED) is 0.691. The summed E-state index contributed by atoms with van der Waals surface area (Å²) in [5.41, 5.74) is 0.427. The van der Waals surface area contributed by atoms with Crippen molar-refractivity contribution in [2.45, 2.75) is 26.1 Å². The highest BCUT2D eigenvalue weighted by Crippen LogP contribution is 2.21. The van der Waals surface area contributed by atoms with Crippen molar-refractivity contribution >= 4 is 29.5 Å². The molecule has 2 atom stereocenters. The van der Waals surface area contributed by atoms with E-state index in [1.807, 2.05) is 0 Å². The number of benzene rings is 2. The van der Waals surface area contributed by atoms with Gasteiger partial charge in [-0.1, -0.05) is 41.9 Å². The predicted molar refractivity (Wildman–Crippen MR) is 104 cm³/mol. The van der Waals surface area contributed by atoms with E-state index in [1.165, 1.54) is 6.92 Å². The average Bonchev–Trinajstić information content (AvgIpc) is 2.68. The lowest BCUT2D eigenvalue weighted by Gasteiger charge is -2.20. The fourth-order valence-electron chi connectivity index (χ4n) is 2.26. The Morgan fingerprint density at radius 1 is 1.04 bits per heavy atom. The fourth-order valence-corrected chi connectivity index (χ4v) is 2.39. The fraction of sp³-hybridized carbons (Fsp3) is 0.250. The van der Waals surface area contributed by atoms with Crippen molar-refractivity contribution in [2.75, 3.05) is 6.54 Å². The Labute approximate surface area is 168 Å². The topological polar surface area (TPSA) is 93.7 Å². The van der Waals surface area contributed by atoms with Crippen LogP contribution in [0.4, 0.5) is 4.79 Å². The molecule has 28 heavy (non-hydrogen) atoms. The van der Waals surface area contributed by atoms with Crippen LogP contribution in [-0.2, 0) is 14.3 Å². The third-order valence-electron chi connectivity index (χ3n) is 3.61. The minimum absolute atomic E-state index is 0.348. The molecular weight excluding hydrogens is 384 g/mol. The maximum atomic E-state index is 12.5. The molecule has 2 rings (SSSR count). The molecule has 2 N–H and O–H groups in total. The number of amides is 3. The standard InChI is InChI=1S/C20H21ClN2O5/c1-3-22-20(26)23-18(24)17(14-7-5-4-6-8-14)28-19(25)13(2)27-16-11-9-15(21)10-12-16/h4-13,17H,3H2,1-2H3,(H2,22,23,24,26)/t13-,17+/m0/s1. The number of halogens is 1. The van der Waals surface area contributed by atoms with Crippen LogP contribution in [0.25, 0.3) is 0 Å². The van der Waals surface area contributed by atoms with Crippen LogP contribution in [-0.4, -0.2) is 30.6 Å². The van der Waals surface area contributed by atoms with Crippen molar-refractivity contribution in [2.24, 2.45) is 0 Å². The summed E-state index contributed by atoms with van der Waals surface area (Å²) < 4.78 is 10.9. The highest BCUT2D eigenvalue weighted by Gasteiger charge is 2.29. The third kappa shape index (κ3) is 6.28. The van der Waals surface area contributed by atoms with E-state index in [0.717, 1.165) is 0 Å². The molecule has 0 heterocycles. The van der Waals surface area contributed by atoms with Gasteiger partial charge >= 0.3 is 12.0 Å². The number of carbonyl (C=O) groups is 3. The van der Waals surface area contributed by atoms with Crippen molar-refractivity contribution in [3.63, 3.8) is 0 Å². The zero-order chi connectivity index (χ0) is 20.5. The van der Waals surface area contributed by atoms with E-state index < -0.39 is 30.1 Å². The number of carbonyl (C=O) groups excluding carboxylic acids is 3. The van der Waals surface area contributed by atoms with E-state index >= 15 is 0 Å². The molecule has 0 unspecified atom stereocenters. The monoisotopic (exact) mass is 404 g/mol. The Hall–Kier alpha value is -3.06. The molecule has 0 aromatic heterocycles. The summed E-state index contributed by atoms with van der Waals surface area (Å²) in [5, 5.41) is 5.14. The first-order chi connectivity index (χ1) is 13.4. The molecule has 3 amide bonds. The summed E-state index contributed by atoms with van der Waals surface area (Å²) in [4.78, 5) is 36.6. The Balaban J connectivity index is 2.10. The van der Waals surface area contributed by atoms with Gasteiger partial charge < -0.3 is 14.8 Å². The van der Waals surface area contributed by atoms with E-state index in [4.69, 9.17) is 21.1 Å². The third-order valence-corrected chi connectivity index (χ3v) is 3.86. The molecular formula is C20H21ClN2O5. The van der Waals surface area contributed by atoms with Gasteiger partial charge in [-0.2, -0.15) is 0 Å². The Morgan fingerprint density at radius 2 is 1.68 bits per heavy atom. The molecule has 0 aliphatic rings. The summed E-state index contributed by atoms with van der Waals surface area (Å²) in [5.74, 6) is -1.09. The van der Waals surface area contributed by atoms with Crippen LogP contribution in [0.5, 0.6) is 5.75 Å². The van der Waals surface area contributed by atoms with Gasteiger partial charge in [0.25, 0.3) is 5.91 Å². The number of esters is 1. The molecule has 8 heteroatoms. The van der Waals surface area contributed by atoms with E-state index in [1.54, 1.807) is 61.5 Å². The SMILES string of the molecule is CCNC(=O)NC(=O)[C@H](OC(=O)[C@H](C)Oc1ccc(Cl)cc1)c1ccccc1. The maximum Gasteiger partial charge on any atom is 0.348 e. The summed E-state index contributed by atoms with van der Waals surface area (Å²) in [7, 11) is 0. The molecule has 0 aliphatic heterocycles. The van der Waals surface area contributed by atoms with Crippen LogP contribution in [0.1, 0.15) is 25.5 Å². The summed E-state index contributed by atoms with van der Waals surface area (Å²) in [6, 6.07) is 14.2. The van der Waals surface area contributed by atoms with Gasteiger partial charge in [-0.25, -0.2) is 9.59 Å². The number of nitrogens with one attached hydrogen (secondary N) is 2. The summed E-state index contributed by atoms with van der Waals surface area (Å²) in [6.07, 6.45) is -2.28. The number of ether oxygens (including phenoxy) is 2. The number of rotatable bonds is 7. The second-order valence-electron chi connectivity index (χ2n) is 5.79. The highest BCUT2D eigenvalue weighted by atomic mass is 35.5.